The number of aromatic nitrogens is 1. The van der Waals surface area contributed by atoms with Gasteiger partial charge in [-0.15, -0.1) is 0 Å². The van der Waals surface area contributed by atoms with Crippen LogP contribution in [0.25, 0.3) is 0 Å². The molecule has 0 radical (unpaired) electrons. The molecule has 0 N–H and O–H groups in total. The van der Waals surface area contributed by atoms with Crippen molar-refractivity contribution in [2.45, 2.75) is 46.5 Å². The lowest BCUT2D eigenvalue weighted by atomic mass is 10.2. The maximum Gasteiger partial charge on any atom is 0.128 e. The number of pyridine rings is 1. The van der Waals surface area contributed by atoms with Crippen LogP contribution in [0.1, 0.15) is 45.1 Å². The fraction of sp³-hybridized carbons (Fsp3) is 0.643. The van der Waals surface area contributed by atoms with Crippen molar-refractivity contribution >= 4 is 21.7 Å². The van der Waals surface area contributed by atoms with Crippen LogP contribution in [0.4, 0.5) is 5.82 Å². The second-order valence-electron chi connectivity index (χ2n) is 4.49. The zero-order valence-electron chi connectivity index (χ0n) is 11.2. The van der Waals surface area contributed by atoms with Crippen molar-refractivity contribution in [2.75, 3.05) is 18.0 Å². The maximum absolute atomic E-state index is 4.52. The monoisotopic (exact) mass is 298 g/mol. The summed E-state index contributed by atoms with van der Waals surface area (Å²) in [6.07, 6.45) is 6.85. The molecule has 0 saturated heterocycles. The molecule has 0 bridgehead atoms. The summed E-state index contributed by atoms with van der Waals surface area (Å²) in [6, 6.07) is 2.18. The van der Waals surface area contributed by atoms with Gasteiger partial charge in [-0.1, -0.05) is 26.7 Å². The number of nitrogens with zero attached hydrogens (tertiary/aromatic N) is 2. The zero-order chi connectivity index (χ0) is 12.7. The van der Waals surface area contributed by atoms with Gasteiger partial charge in [-0.2, -0.15) is 0 Å². The molecule has 0 aliphatic carbocycles. The van der Waals surface area contributed by atoms with E-state index in [0.717, 1.165) is 23.4 Å². The van der Waals surface area contributed by atoms with Gasteiger partial charge in [-0.25, -0.2) is 4.98 Å². The number of anilines is 1. The molecule has 0 fully saturated rings. The Morgan fingerprint density at radius 2 is 1.76 bits per heavy atom. The molecule has 1 aromatic rings. The molecular formula is C14H23BrN2. The minimum atomic E-state index is 1.09. The lowest BCUT2D eigenvalue weighted by Crippen LogP contribution is -2.26. The highest BCUT2D eigenvalue weighted by molar-refractivity contribution is 9.10. The van der Waals surface area contributed by atoms with E-state index in [-0.39, 0.29) is 0 Å². The SMILES string of the molecule is CCCCN(CCCC)c1cc(C)c(Br)cn1. The Bertz CT molecular complexity index is 331. The highest BCUT2D eigenvalue weighted by Crippen LogP contribution is 2.20. The van der Waals surface area contributed by atoms with Crippen LogP contribution in [0.3, 0.4) is 0 Å². The summed E-state index contributed by atoms with van der Waals surface area (Å²) >= 11 is 3.50. The van der Waals surface area contributed by atoms with Gasteiger partial charge in [-0.05, 0) is 47.3 Å². The second-order valence-corrected chi connectivity index (χ2v) is 5.34. The van der Waals surface area contributed by atoms with Crippen LogP contribution in [-0.4, -0.2) is 18.1 Å². The fourth-order valence-corrected chi connectivity index (χ4v) is 1.95. The van der Waals surface area contributed by atoms with Crippen LogP contribution < -0.4 is 4.90 Å². The van der Waals surface area contributed by atoms with Gasteiger partial charge in [0.1, 0.15) is 5.82 Å². The quantitative estimate of drug-likeness (QED) is 0.733. The average molecular weight is 299 g/mol. The molecule has 0 amide bonds. The van der Waals surface area contributed by atoms with Gasteiger partial charge >= 0.3 is 0 Å². The molecule has 1 aromatic heterocycles. The van der Waals surface area contributed by atoms with Crippen molar-refractivity contribution in [2.24, 2.45) is 0 Å². The molecule has 0 aliphatic rings. The summed E-state index contributed by atoms with van der Waals surface area (Å²) in [5.41, 5.74) is 1.26. The van der Waals surface area contributed by atoms with Crippen LogP contribution >= 0.6 is 15.9 Å². The van der Waals surface area contributed by atoms with Crippen molar-refractivity contribution in [3.8, 4) is 0 Å². The molecule has 0 unspecified atom stereocenters. The van der Waals surface area contributed by atoms with Gasteiger partial charge in [0.15, 0.2) is 0 Å². The normalized spacial score (nSPS) is 10.6. The Morgan fingerprint density at radius 1 is 1.18 bits per heavy atom. The second kappa shape index (κ2) is 7.70. The van der Waals surface area contributed by atoms with Crippen LogP contribution in [0.5, 0.6) is 0 Å². The fourth-order valence-electron chi connectivity index (χ4n) is 1.74. The molecule has 0 spiro atoms. The van der Waals surface area contributed by atoms with E-state index in [0.29, 0.717) is 0 Å². The van der Waals surface area contributed by atoms with Gasteiger partial charge in [0, 0.05) is 23.8 Å². The van der Waals surface area contributed by atoms with Crippen LogP contribution in [-0.2, 0) is 0 Å². The van der Waals surface area contributed by atoms with Crippen molar-refractivity contribution < 1.29 is 0 Å². The first-order chi connectivity index (χ1) is 8.19. The van der Waals surface area contributed by atoms with Crippen molar-refractivity contribution in [3.05, 3.63) is 22.3 Å². The number of halogens is 1. The summed E-state index contributed by atoms with van der Waals surface area (Å²) in [7, 11) is 0. The van der Waals surface area contributed by atoms with E-state index in [1.54, 1.807) is 0 Å². The van der Waals surface area contributed by atoms with Crippen molar-refractivity contribution in [1.82, 2.24) is 4.98 Å². The lowest BCUT2D eigenvalue weighted by molar-refractivity contribution is 0.671. The third-order valence-electron chi connectivity index (χ3n) is 2.92. The predicted octanol–water partition coefficient (Wildman–Crippen LogP) is 4.56. The highest BCUT2D eigenvalue weighted by Gasteiger charge is 2.08. The molecule has 96 valence electrons. The van der Waals surface area contributed by atoms with E-state index in [1.165, 1.54) is 31.2 Å². The first-order valence-electron chi connectivity index (χ1n) is 6.56. The third kappa shape index (κ3) is 4.66. The molecule has 0 saturated carbocycles. The molecule has 1 heterocycles. The summed E-state index contributed by atoms with van der Waals surface area (Å²) < 4.78 is 1.09. The molecule has 0 aromatic carbocycles. The summed E-state index contributed by atoms with van der Waals surface area (Å²) in [5, 5.41) is 0. The van der Waals surface area contributed by atoms with Crippen LogP contribution in [0.15, 0.2) is 16.7 Å². The van der Waals surface area contributed by atoms with Gasteiger partial charge in [0.25, 0.3) is 0 Å². The maximum atomic E-state index is 4.52. The van der Waals surface area contributed by atoms with Crippen LogP contribution in [0, 0.1) is 6.92 Å². The van der Waals surface area contributed by atoms with Gasteiger partial charge < -0.3 is 4.90 Å². The number of unbranched alkanes of at least 4 members (excludes halogenated alkanes) is 2. The molecule has 17 heavy (non-hydrogen) atoms. The van der Waals surface area contributed by atoms with E-state index < -0.39 is 0 Å². The third-order valence-corrected chi connectivity index (χ3v) is 3.75. The smallest absolute Gasteiger partial charge is 0.128 e. The van der Waals surface area contributed by atoms with Gasteiger partial charge in [0.2, 0.25) is 0 Å². The van der Waals surface area contributed by atoms with Gasteiger partial charge in [0.05, 0.1) is 0 Å². The Kier molecular flexibility index (Phi) is 6.56. The van der Waals surface area contributed by atoms with Crippen LogP contribution in [0.2, 0.25) is 0 Å². The number of rotatable bonds is 7. The predicted molar refractivity (Wildman–Crippen MR) is 78.7 cm³/mol. The van der Waals surface area contributed by atoms with E-state index in [1.807, 2.05) is 6.20 Å². The Hall–Kier alpha value is -0.570. The number of hydrogen-bond donors (Lipinski definition) is 0. The molecular weight excluding hydrogens is 276 g/mol. The Balaban J connectivity index is 2.75. The summed E-state index contributed by atoms with van der Waals surface area (Å²) in [4.78, 5) is 6.93. The van der Waals surface area contributed by atoms with Gasteiger partial charge in [-0.3, -0.25) is 0 Å². The van der Waals surface area contributed by atoms with E-state index in [2.05, 4.69) is 52.7 Å². The summed E-state index contributed by atoms with van der Waals surface area (Å²) in [5.74, 6) is 1.12. The van der Waals surface area contributed by atoms with E-state index >= 15 is 0 Å². The molecule has 1 rings (SSSR count). The topological polar surface area (TPSA) is 16.1 Å². The molecule has 0 aliphatic heterocycles. The highest BCUT2D eigenvalue weighted by atomic mass is 79.9. The number of aryl methyl sites for hydroxylation is 1. The lowest BCUT2D eigenvalue weighted by Gasteiger charge is -2.24. The Labute approximate surface area is 114 Å². The first kappa shape index (κ1) is 14.5. The van der Waals surface area contributed by atoms with Crippen molar-refractivity contribution in [3.63, 3.8) is 0 Å². The van der Waals surface area contributed by atoms with E-state index in [4.69, 9.17) is 0 Å². The zero-order valence-corrected chi connectivity index (χ0v) is 12.8. The minimum Gasteiger partial charge on any atom is -0.357 e. The minimum absolute atomic E-state index is 1.09. The largest absolute Gasteiger partial charge is 0.357 e. The summed E-state index contributed by atoms with van der Waals surface area (Å²) in [6.45, 7) is 8.82. The molecule has 3 heteroatoms. The first-order valence-corrected chi connectivity index (χ1v) is 7.35. The Morgan fingerprint density at radius 3 is 2.24 bits per heavy atom. The standard InChI is InChI=1S/C14H23BrN2/c1-4-6-8-17(9-7-5-2)14-10-12(3)13(15)11-16-14/h10-11H,4-9H2,1-3H3. The van der Waals surface area contributed by atoms with Crippen molar-refractivity contribution in [1.29, 1.82) is 0 Å². The molecule has 2 nitrogen and oxygen atoms in total. The molecule has 0 atom stereocenters. The van der Waals surface area contributed by atoms with E-state index in [9.17, 15) is 0 Å². The number of hydrogen-bond acceptors (Lipinski definition) is 2. The average Bonchev–Trinajstić information content (AvgIpc) is 2.33.